The first-order valence-electron chi connectivity index (χ1n) is 7.90. The van der Waals surface area contributed by atoms with E-state index in [1.54, 1.807) is 16.8 Å². The number of hydrogen-bond acceptors (Lipinski definition) is 4. The van der Waals surface area contributed by atoms with Crippen molar-refractivity contribution in [1.29, 1.82) is 5.26 Å². The van der Waals surface area contributed by atoms with Crippen molar-refractivity contribution in [2.75, 3.05) is 0 Å². The summed E-state index contributed by atoms with van der Waals surface area (Å²) in [6, 6.07) is 14.0. The first kappa shape index (κ1) is 14.9. The van der Waals surface area contributed by atoms with Gasteiger partial charge >= 0.3 is 0 Å². The summed E-state index contributed by atoms with van der Waals surface area (Å²) in [5.74, 6) is 0. The van der Waals surface area contributed by atoms with Gasteiger partial charge in [0.05, 0.1) is 11.8 Å². The van der Waals surface area contributed by atoms with Crippen LogP contribution in [0.25, 0.3) is 22.0 Å². The molecule has 4 rings (SSSR count). The van der Waals surface area contributed by atoms with Crippen LogP contribution in [0, 0.1) is 18.3 Å². The maximum absolute atomic E-state index is 9.73. The number of nitriles is 1. The van der Waals surface area contributed by atoms with E-state index in [1.165, 1.54) is 0 Å². The van der Waals surface area contributed by atoms with E-state index in [4.69, 9.17) is 0 Å². The van der Waals surface area contributed by atoms with Gasteiger partial charge in [-0.25, -0.2) is 0 Å². The summed E-state index contributed by atoms with van der Waals surface area (Å²) in [5.41, 5.74) is 3.61. The average Bonchev–Trinajstić information content (AvgIpc) is 3.27. The molecular formula is C19H17N3O2. The van der Waals surface area contributed by atoms with Crippen molar-refractivity contribution in [1.82, 2.24) is 9.55 Å². The fourth-order valence-corrected chi connectivity index (χ4v) is 3.31. The molecule has 1 aliphatic carbocycles. The Bertz CT molecular complexity index is 978. The molecule has 3 aromatic rings. The van der Waals surface area contributed by atoms with Crippen LogP contribution in [0.4, 0.5) is 0 Å². The van der Waals surface area contributed by atoms with Crippen LogP contribution in [0.5, 0.6) is 0 Å². The van der Waals surface area contributed by atoms with Gasteiger partial charge in [-0.1, -0.05) is 6.07 Å². The summed E-state index contributed by atoms with van der Waals surface area (Å²) in [7, 11) is 0. The van der Waals surface area contributed by atoms with Gasteiger partial charge < -0.3 is 14.8 Å². The van der Waals surface area contributed by atoms with E-state index in [0.717, 1.165) is 40.6 Å². The highest BCUT2D eigenvalue weighted by atomic mass is 16.5. The molecule has 0 atom stereocenters. The zero-order chi connectivity index (χ0) is 16.9. The molecule has 1 aliphatic rings. The highest BCUT2D eigenvalue weighted by Crippen LogP contribution is 2.47. The van der Waals surface area contributed by atoms with E-state index >= 15 is 0 Å². The molecule has 0 radical (unpaired) electrons. The summed E-state index contributed by atoms with van der Waals surface area (Å²) < 4.78 is 1.79. The van der Waals surface area contributed by atoms with Gasteiger partial charge in [-0.3, -0.25) is 4.98 Å². The molecule has 120 valence electrons. The molecule has 0 spiro atoms. The molecule has 24 heavy (non-hydrogen) atoms. The van der Waals surface area contributed by atoms with Crippen LogP contribution in [0.15, 0.2) is 42.6 Å². The molecule has 5 heteroatoms. The van der Waals surface area contributed by atoms with Crippen molar-refractivity contribution >= 4 is 10.9 Å². The molecule has 0 amide bonds. The van der Waals surface area contributed by atoms with E-state index < -0.39 is 11.8 Å². The predicted molar refractivity (Wildman–Crippen MR) is 89.9 cm³/mol. The van der Waals surface area contributed by atoms with Gasteiger partial charge in [-0.15, -0.1) is 0 Å². The number of aliphatic hydroxyl groups excluding tert-OH is 1. The lowest BCUT2D eigenvalue weighted by atomic mass is 10.0. The second-order valence-corrected chi connectivity index (χ2v) is 6.38. The number of aromatic nitrogens is 2. The van der Waals surface area contributed by atoms with Crippen molar-refractivity contribution in [3.63, 3.8) is 0 Å². The fourth-order valence-electron chi connectivity index (χ4n) is 3.31. The minimum Gasteiger partial charge on any atom is -0.363 e. The second kappa shape index (κ2) is 5.17. The number of aliphatic hydroxyl groups is 2. The van der Waals surface area contributed by atoms with Crippen molar-refractivity contribution in [2.45, 2.75) is 31.6 Å². The Kier molecular flexibility index (Phi) is 3.20. The van der Waals surface area contributed by atoms with Crippen molar-refractivity contribution in [3.8, 4) is 17.2 Å². The van der Waals surface area contributed by atoms with E-state index in [-0.39, 0.29) is 0 Å². The van der Waals surface area contributed by atoms with Crippen LogP contribution in [0.3, 0.4) is 0 Å². The lowest BCUT2D eigenvalue weighted by Crippen LogP contribution is -2.19. The Hall–Kier alpha value is -2.68. The molecule has 0 unspecified atom stereocenters. The summed E-state index contributed by atoms with van der Waals surface area (Å²) in [4.78, 5) is 4.21. The topological polar surface area (TPSA) is 82.1 Å². The number of pyridine rings is 1. The second-order valence-electron chi connectivity index (χ2n) is 6.38. The van der Waals surface area contributed by atoms with Gasteiger partial charge in [-0.05, 0) is 61.2 Å². The van der Waals surface area contributed by atoms with Crippen LogP contribution < -0.4 is 0 Å². The van der Waals surface area contributed by atoms with Crippen LogP contribution in [-0.4, -0.2) is 19.8 Å². The van der Waals surface area contributed by atoms with Gasteiger partial charge in [0.1, 0.15) is 5.54 Å². The Morgan fingerprint density at radius 2 is 1.92 bits per heavy atom. The first-order chi connectivity index (χ1) is 11.5. The van der Waals surface area contributed by atoms with Gasteiger partial charge in [0, 0.05) is 22.8 Å². The molecule has 2 heterocycles. The minimum atomic E-state index is -1.60. The maximum Gasteiger partial charge on any atom is 0.194 e. The maximum atomic E-state index is 9.73. The van der Waals surface area contributed by atoms with E-state index in [1.807, 2.05) is 37.3 Å². The molecule has 1 fully saturated rings. The highest BCUT2D eigenvalue weighted by molar-refractivity contribution is 5.87. The molecule has 0 bridgehead atoms. The van der Waals surface area contributed by atoms with E-state index in [9.17, 15) is 15.5 Å². The molecule has 2 aromatic heterocycles. The summed E-state index contributed by atoms with van der Waals surface area (Å²) in [5, 5.41) is 29.9. The third-order valence-corrected chi connectivity index (χ3v) is 4.68. The largest absolute Gasteiger partial charge is 0.363 e. The smallest absolute Gasteiger partial charge is 0.194 e. The average molecular weight is 319 g/mol. The molecule has 0 aliphatic heterocycles. The third kappa shape index (κ3) is 2.20. The summed E-state index contributed by atoms with van der Waals surface area (Å²) >= 11 is 0. The number of hydrogen-bond donors (Lipinski definition) is 2. The monoisotopic (exact) mass is 319 g/mol. The van der Waals surface area contributed by atoms with Crippen molar-refractivity contribution < 1.29 is 10.2 Å². The summed E-state index contributed by atoms with van der Waals surface area (Å²) in [6.45, 7) is 1.95. The van der Waals surface area contributed by atoms with Crippen molar-refractivity contribution in [2.24, 2.45) is 0 Å². The van der Waals surface area contributed by atoms with Crippen LogP contribution in [-0.2, 0) is 5.54 Å². The third-order valence-electron chi connectivity index (χ3n) is 4.68. The Labute approximate surface area is 139 Å². The van der Waals surface area contributed by atoms with Gasteiger partial charge in [-0.2, -0.15) is 5.26 Å². The standard InChI is InChI=1S/C19H17N3O2/c1-12-8-14(4-7-21-12)13-2-3-16-15(9-13)10-17(18(23)24)22(16)19(11-20)5-6-19/h2-4,7-10,18,23-24H,5-6H2,1H3. The Morgan fingerprint density at radius 3 is 2.54 bits per heavy atom. The number of aryl methyl sites for hydroxylation is 1. The fraction of sp³-hybridized carbons (Fsp3) is 0.263. The normalized spacial score (nSPS) is 15.6. The molecule has 0 saturated heterocycles. The van der Waals surface area contributed by atoms with E-state index in [0.29, 0.717) is 5.69 Å². The van der Waals surface area contributed by atoms with Crippen LogP contribution in [0.1, 0.15) is 30.5 Å². The zero-order valence-corrected chi connectivity index (χ0v) is 13.3. The van der Waals surface area contributed by atoms with Crippen molar-refractivity contribution in [3.05, 3.63) is 54.0 Å². The highest BCUT2D eigenvalue weighted by Gasteiger charge is 2.47. The Morgan fingerprint density at radius 1 is 1.17 bits per heavy atom. The SMILES string of the molecule is Cc1cc(-c2ccc3c(c2)cc(C(O)O)n3C2(C#N)CC2)ccn1. The van der Waals surface area contributed by atoms with Gasteiger partial charge in [0.2, 0.25) is 0 Å². The van der Waals surface area contributed by atoms with Crippen LogP contribution in [0.2, 0.25) is 0 Å². The predicted octanol–water partition coefficient (Wildman–Crippen LogP) is 3.01. The van der Waals surface area contributed by atoms with Crippen LogP contribution >= 0.6 is 0 Å². The minimum absolute atomic E-state index is 0.368. The quantitative estimate of drug-likeness (QED) is 0.727. The zero-order valence-electron chi connectivity index (χ0n) is 13.3. The molecule has 2 N–H and O–H groups in total. The first-order valence-corrected chi connectivity index (χ1v) is 7.90. The lowest BCUT2D eigenvalue weighted by Gasteiger charge is -2.16. The number of rotatable bonds is 3. The van der Waals surface area contributed by atoms with E-state index in [2.05, 4.69) is 11.1 Å². The molecule has 5 nitrogen and oxygen atoms in total. The number of fused-ring (bicyclic) bond motifs is 1. The van der Waals surface area contributed by atoms with Gasteiger partial charge in [0.25, 0.3) is 0 Å². The summed E-state index contributed by atoms with van der Waals surface area (Å²) in [6.07, 6.45) is 1.64. The Balaban J connectivity index is 1.92. The lowest BCUT2D eigenvalue weighted by molar-refractivity contribution is -0.0487. The number of benzene rings is 1. The molecule has 1 aromatic carbocycles. The number of nitrogens with zero attached hydrogens (tertiary/aromatic N) is 3. The van der Waals surface area contributed by atoms with Gasteiger partial charge in [0.15, 0.2) is 6.29 Å². The molecule has 1 saturated carbocycles. The molecular weight excluding hydrogens is 302 g/mol.